The minimum Gasteiger partial charge on any atom is -0.492 e. The van der Waals surface area contributed by atoms with Crippen molar-refractivity contribution in [1.82, 2.24) is 0 Å². The van der Waals surface area contributed by atoms with Gasteiger partial charge in [0.1, 0.15) is 5.75 Å². The van der Waals surface area contributed by atoms with Crippen molar-refractivity contribution in [2.45, 2.75) is 25.7 Å². The van der Waals surface area contributed by atoms with E-state index in [1.807, 2.05) is 0 Å². The normalized spacial score (nSPS) is 14.6. The zero-order chi connectivity index (χ0) is 12.3. The summed E-state index contributed by atoms with van der Waals surface area (Å²) >= 11 is 3.33. The molecule has 1 saturated carbocycles. The maximum absolute atomic E-state index is 10.6. The number of ether oxygens (including phenoxy) is 1. The van der Waals surface area contributed by atoms with Gasteiger partial charge in [-0.3, -0.25) is 10.1 Å². The van der Waals surface area contributed by atoms with Crippen molar-refractivity contribution >= 4 is 21.6 Å². The third-order valence-electron chi connectivity index (χ3n) is 2.84. The average molecular weight is 300 g/mol. The van der Waals surface area contributed by atoms with Crippen LogP contribution >= 0.6 is 15.9 Å². The summed E-state index contributed by atoms with van der Waals surface area (Å²) < 4.78 is 6.31. The van der Waals surface area contributed by atoms with Crippen molar-refractivity contribution in [2.24, 2.45) is 5.92 Å². The monoisotopic (exact) mass is 299 g/mol. The Bertz CT molecular complexity index is 418. The third kappa shape index (κ3) is 3.70. The molecule has 0 saturated heterocycles. The fourth-order valence-corrected chi connectivity index (χ4v) is 2.04. The molecule has 0 amide bonds. The zero-order valence-corrected chi connectivity index (χ0v) is 11.0. The van der Waals surface area contributed by atoms with Crippen LogP contribution < -0.4 is 4.74 Å². The van der Waals surface area contributed by atoms with Gasteiger partial charge in [-0.1, -0.05) is 12.8 Å². The molecule has 0 bridgehead atoms. The molecule has 4 nitrogen and oxygen atoms in total. The van der Waals surface area contributed by atoms with Crippen molar-refractivity contribution in [2.75, 3.05) is 6.61 Å². The van der Waals surface area contributed by atoms with E-state index >= 15 is 0 Å². The SMILES string of the molecule is O=[N+]([O-])c1ccc(Br)c(OCCCC2CC2)c1. The van der Waals surface area contributed by atoms with Gasteiger partial charge in [0, 0.05) is 6.07 Å². The van der Waals surface area contributed by atoms with Gasteiger partial charge in [0.05, 0.1) is 22.1 Å². The first kappa shape index (κ1) is 12.4. The molecule has 0 aromatic heterocycles. The van der Waals surface area contributed by atoms with E-state index in [0.29, 0.717) is 12.4 Å². The molecule has 0 aliphatic heterocycles. The van der Waals surface area contributed by atoms with E-state index in [0.717, 1.165) is 16.8 Å². The molecule has 5 heteroatoms. The van der Waals surface area contributed by atoms with Crippen molar-refractivity contribution in [3.8, 4) is 5.75 Å². The van der Waals surface area contributed by atoms with Crippen molar-refractivity contribution in [3.63, 3.8) is 0 Å². The van der Waals surface area contributed by atoms with Crippen LogP contribution in [0, 0.1) is 16.0 Å². The Morgan fingerprint density at radius 2 is 2.24 bits per heavy atom. The van der Waals surface area contributed by atoms with Gasteiger partial charge in [0.2, 0.25) is 0 Å². The summed E-state index contributed by atoms with van der Waals surface area (Å²) in [7, 11) is 0. The van der Waals surface area contributed by atoms with Gasteiger partial charge in [-0.15, -0.1) is 0 Å². The molecule has 1 fully saturated rings. The molecule has 0 atom stereocenters. The largest absolute Gasteiger partial charge is 0.492 e. The zero-order valence-electron chi connectivity index (χ0n) is 9.39. The van der Waals surface area contributed by atoms with E-state index in [9.17, 15) is 10.1 Å². The topological polar surface area (TPSA) is 52.4 Å². The van der Waals surface area contributed by atoms with Crippen LogP contribution in [0.2, 0.25) is 0 Å². The van der Waals surface area contributed by atoms with E-state index in [-0.39, 0.29) is 5.69 Å². The van der Waals surface area contributed by atoms with Crippen molar-refractivity contribution < 1.29 is 9.66 Å². The summed E-state index contributed by atoms with van der Waals surface area (Å²) in [6.07, 6.45) is 4.91. The molecule has 1 aliphatic rings. The van der Waals surface area contributed by atoms with Gasteiger partial charge in [0.15, 0.2) is 0 Å². The Hall–Kier alpha value is -1.10. The van der Waals surface area contributed by atoms with Crippen LogP contribution in [0.15, 0.2) is 22.7 Å². The number of benzene rings is 1. The van der Waals surface area contributed by atoms with Gasteiger partial charge in [-0.05, 0) is 40.8 Å². The second-order valence-electron chi connectivity index (χ2n) is 4.31. The summed E-state index contributed by atoms with van der Waals surface area (Å²) in [5, 5.41) is 10.6. The number of nitro benzene ring substituents is 1. The van der Waals surface area contributed by atoms with Gasteiger partial charge in [0.25, 0.3) is 5.69 Å². The maximum Gasteiger partial charge on any atom is 0.273 e. The molecular formula is C12H14BrNO3. The van der Waals surface area contributed by atoms with E-state index in [1.165, 1.54) is 31.4 Å². The molecule has 0 spiro atoms. The van der Waals surface area contributed by atoms with E-state index in [2.05, 4.69) is 15.9 Å². The number of rotatable bonds is 6. The summed E-state index contributed by atoms with van der Waals surface area (Å²) in [6.45, 7) is 0.621. The maximum atomic E-state index is 10.6. The Morgan fingerprint density at radius 3 is 2.88 bits per heavy atom. The van der Waals surface area contributed by atoms with Gasteiger partial charge in [-0.2, -0.15) is 0 Å². The van der Waals surface area contributed by atoms with Crippen LogP contribution in [-0.2, 0) is 0 Å². The fourth-order valence-electron chi connectivity index (χ4n) is 1.68. The Kier molecular flexibility index (Phi) is 3.99. The number of nitrogens with zero attached hydrogens (tertiary/aromatic N) is 1. The molecule has 17 heavy (non-hydrogen) atoms. The first-order valence-electron chi connectivity index (χ1n) is 5.73. The highest BCUT2D eigenvalue weighted by Gasteiger charge is 2.20. The van der Waals surface area contributed by atoms with Gasteiger partial charge < -0.3 is 4.74 Å². The molecule has 0 radical (unpaired) electrons. The second kappa shape index (κ2) is 5.49. The number of halogens is 1. The molecule has 0 heterocycles. The second-order valence-corrected chi connectivity index (χ2v) is 5.16. The number of non-ortho nitro benzene ring substituents is 1. The molecule has 0 unspecified atom stereocenters. The van der Waals surface area contributed by atoms with Crippen molar-refractivity contribution in [1.29, 1.82) is 0 Å². The van der Waals surface area contributed by atoms with Crippen LogP contribution in [0.5, 0.6) is 5.75 Å². The highest BCUT2D eigenvalue weighted by Crippen LogP contribution is 2.34. The molecule has 1 aliphatic carbocycles. The standard InChI is InChI=1S/C12H14BrNO3/c13-11-6-5-10(14(15)16)8-12(11)17-7-1-2-9-3-4-9/h5-6,8-9H,1-4,7H2. The lowest BCUT2D eigenvalue weighted by molar-refractivity contribution is -0.385. The number of hydrogen-bond acceptors (Lipinski definition) is 3. The Balaban J connectivity index is 1.88. The van der Waals surface area contributed by atoms with E-state index in [1.54, 1.807) is 6.07 Å². The van der Waals surface area contributed by atoms with Crippen LogP contribution in [0.25, 0.3) is 0 Å². The summed E-state index contributed by atoms with van der Waals surface area (Å²) in [5.74, 6) is 1.45. The fraction of sp³-hybridized carbons (Fsp3) is 0.500. The predicted octanol–water partition coefficient (Wildman–Crippen LogP) is 3.93. The Morgan fingerprint density at radius 1 is 1.47 bits per heavy atom. The lowest BCUT2D eigenvalue weighted by Gasteiger charge is -2.07. The Labute approximate surface area is 108 Å². The lowest BCUT2D eigenvalue weighted by atomic mass is 10.2. The molecule has 92 valence electrons. The van der Waals surface area contributed by atoms with Crippen LogP contribution in [0.3, 0.4) is 0 Å². The third-order valence-corrected chi connectivity index (χ3v) is 3.49. The molecule has 1 aromatic rings. The molecule has 0 N–H and O–H groups in total. The lowest BCUT2D eigenvalue weighted by Crippen LogP contribution is -1.99. The minimum atomic E-state index is -0.413. The molecular weight excluding hydrogens is 286 g/mol. The predicted molar refractivity (Wildman–Crippen MR) is 68.2 cm³/mol. The number of nitro groups is 1. The van der Waals surface area contributed by atoms with E-state index < -0.39 is 4.92 Å². The summed E-state index contributed by atoms with van der Waals surface area (Å²) in [5.41, 5.74) is 0.0605. The highest BCUT2D eigenvalue weighted by molar-refractivity contribution is 9.10. The smallest absolute Gasteiger partial charge is 0.273 e. The average Bonchev–Trinajstić information content (AvgIpc) is 3.10. The highest BCUT2D eigenvalue weighted by atomic mass is 79.9. The van der Waals surface area contributed by atoms with Gasteiger partial charge in [-0.25, -0.2) is 0 Å². The molecule has 1 aromatic carbocycles. The summed E-state index contributed by atoms with van der Waals surface area (Å²) in [4.78, 5) is 10.2. The minimum absolute atomic E-state index is 0.0605. The van der Waals surface area contributed by atoms with Crippen molar-refractivity contribution in [3.05, 3.63) is 32.8 Å². The first-order valence-corrected chi connectivity index (χ1v) is 6.53. The first-order chi connectivity index (χ1) is 8.16. The quantitative estimate of drug-likeness (QED) is 0.454. The molecule has 2 rings (SSSR count). The van der Waals surface area contributed by atoms with Gasteiger partial charge >= 0.3 is 0 Å². The van der Waals surface area contributed by atoms with Crippen LogP contribution in [-0.4, -0.2) is 11.5 Å². The van der Waals surface area contributed by atoms with E-state index in [4.69, 9.17) is 4.74 Å². The number of hydrogen-bond donors (Lipinski definition) is 0. The van der Waals surface area contributed by atoms with Crippen LogP contribution in [0.1, 0.15) is 25.7 Å². The van der Waals surface area contributed by atoms with Crippen LogP contribution in [0.4, 0.5) is 5.69 Å². The summed E-state index contributed by atoms with van der Waals surface area (Å²) in [6, 6.07) is 4.57.